The molecule has 0 saturated heterocycles. The van der Waals surface area contributed by atoms with E-state index in [1.54, 1.807) is 19.2 Å². The van der Waals surface area contributed by atoms with Gasteiger partial charge < -0.3 is 11.2 Å². The number of nitrogens with two attached hydrogens (primary N) is 1. The van der Waals surface area contributed by atoms with Crippen LogP contribution in [0, 0.1) is 5.92 Å². The highest BCUT2D eigenvalue weighted by Gasteiger charge is 2.25. The van der Waals surface area contributed by atoms with E-state index >= 15 is 0 Å². The maximum Gasteiger partial charge on any atom is 0.237 e. The zero-order valence-electron chi connectivity index (χ0n) is 10.00. The average Bonchev–Trinajstić information content (AvgIpc) is 2.39. The highest BCUT2D eigenvalue weighted by molar-refractivity contribution is 6.46. The Labute approximate surface area is 105 Å². The number of anilines is 1. The van der Waals surface area contributed by atoms with Crippen molar-refractivity contribution in [1.82, 2.24) is 0 Å². The fraction of sp³-hybridized carbons (Fsp3) is 0.154. The third kappa shape index (κ3) is 2.45. The van der Waals surface area contributed by atoms with Crippen LogP contribution in [0.5, 0.6) is 0 Å². The van der Waals surface area contributed by atoms with Crippen LogP contribution in [-0.4, -0.2) is 17.3 Å². The van der Waals surface area contributed by atoms with Gasteiger partial charge in [-0.3, -0.25) is 9.79 Å². The monoisotopic (exact) mass is 242 g/mol. The Balaban J connectivity index is 2.15. The number of rotatable bonds is 2. The predicted molar refractivity (Wildman–Crippen MR) is 72.4 cm³/mol. The largest absolute Gasteiger partial charge is 0.325 e. The lowest BCUT2D eigenvalue weighted by Gasteiger charge is -2.17. The molecule has 18 heavy (non-hydrogen) atoms. The van der Waals surface area contributed by atoms with Gasteiger partial charge in [-0.1, -0.05) is 18.2 Å². The summed E-state index contributed by atoms with van der Waals surface area (Å²) < 4.78 is 0. The molecule has 92 valence electrons. The number of nitrogens with zero attached hydrogens (tertiary/aromatic N) is 2. The van der Waals surface area contributed by atoms with Crippen LogP contribution in [0.25, 0.3) is 0 Å². The van der Waals surface area contributed by atoms with E-state index in [1.165, 1.54) is 0 Å². The number of benzene rings is 1. The normalized spacial score (nSPS) is 20.6. The molecule has 2 rings (SSSR count). The molecule has 0 fully saturated rings. The standard InChI is InChI=1S/C13H14N4O/c1-9-12(17-14)11(7-8-15-9)13(18)16-10-5-3-2-4-6-10/h2-8,11H,14H2,1H3,(H,16,18). The van der Waals surface area contributed by atoms with E-state index in [4.69, 9.17) is 5.84 Å². The molecule has 1 aliphatic heterocycles. The molecule has 1 heterocycles. The number of carbonyl (C=O) groups excluding carboxylic acids is 1. The van der Waals surface area contributed by atoms with Gasteiger partial charge in [0, 0.05) is 11.9 Å². The lowest BCUT2D eigenvalue weighted by atomic mass is 9.97. The number of aliphatic imine (C=N–C) groups is 1. The molecule has 1 atom stereocenters. The summed E-state index contributed by atoms with van der Waals surface area (Å²) in [6.07, 6.45) is 3.27. The number of carbonyl (C=O) groups is 1. The van der Waals surface area contributed by atoms with Gasteiger partial charge in [0.15, 0.2) is 0 Å². The second-order valence-electron chi connectivity index (χ2n) is 3.90. The topological polar surface area (TPSA) is 79.8 Å². The molecule has 1 amide bonds. The van der Waals surface area contributed by atoms with Crippen molar-refractivity contribution in [3.05, 3.63) is 42.6 Å². The van der Waals surface area contributed by atoms with Crippen LogP contribution in [0.3, 0.4) is 0 Å². The first-order valence-corrected chi connectivity index (χ1v) is 5.57. The average molecular weight is 242 g/mol. The van der Waals surface area contributed by atoms with Gasteiger partial charge in [-0.05, 0) is 25.1 Å². The lowest BCUT2D eigenvalue weighted by molar-refractivity contribution is -0.117. The SMILES string of the molecule is CC1=NC=CC(C(=O)Nc2ccccc2)C1=NN. The first kappa shape index (κ1) is 12.0. The molecule has 1 aromatic rings. The minimum absolute atomic E-state index is 0.170. The Morgan fingerprint density at radius 1 is 1.39 bits per heavy atom. The van der Waals surface area contributed by atoms with Crippen LogP contribution in [0.2, 0.25) is 0 Å². The van der Waals surface area contributed by atoms with Crippen molar-refractivity contribution in [2.75, 3.05) is 5.32 Å². The molecule has 0 aromatic heterocycles. The van der Waals surface area contributed by atoms with E-state index in [2.05, 4.69) is 15.4 Å². The third-order valence-corrected chi connectivity index (χ3v) is 2.67. The van der Waals surface area contributed by atoms with Gasteiger partial charge in [0.1, 0.15) is 5.92 Å². The molecule has 0 spiro atoms. The minimum Gasteiger partial charge on any atom is -0.325 e. The molecule has 0 bridgehead atoms. The first-order chi connectivity index (χ1) is 8.72. The van der Waals surface area contributed by atoms with Crippen LogP contribution in [-0.2, 0) is 4.79 Å². The van der Waals surface area contributed by atoms with Gasteiger partial charge in [0.05, 0.1) is 11.4 Å². The number of hydrogen-bond donors (Lipinski definition) is 2. The summed E-state index contributed by atoms with van der Waals surface area (Å²) in [5.74, 6) is 4.65. The summed E-state index contributed by atoms with van der Waals surface area (Å²) >= 11 is 0. The van der Waals surface area contributed by atoms with Crippen molar-refractivity contribution in [1.29, 1.82) is 0 Å². The fourth-order valence-electron chi connectivity index (χ4n) is 1.75. The molecule has 1 aliphatic rings. The molecular formula is C13H14N4O. The minimum atomic E-state index is -0.493. The quantitative estimate of drug-likeness (QED) is 0.609. The Kier molecular flexibility index (Phi) is 3.52. The molecule has 0 aliphatic carbocycles. The third-order valence-electron chi connectivity index (χ3n) is 2.67. The summed E-state index contributed by atoms with van der Waals surface area (Å²) in [5, 5.41) is 6.46. The van der Waals surface area contributed by atoms with Crippen LogP contribution in [0.4, 0.5) is 5.69 Å². The molecule has 5 heteroatoms. The molecule has 0 saturated carbocycles. The summed E-state index contributed by atoms with van der Waals surface area (Å²) in [5.41, 5.74) is 1.89. The van der Waals surface area contributed by atoms with Crippen LogP contribution in [0.1, 0.15) is 6.92 Å². The number of hydrazone groups is 1. The zero-order valence-corrected chi connectivity index (χ0v) is 10.00. The van der Waals surface area contributed by atoms with E-state index in [9.17, 15) is 4.79 Å². The van der Waals surface area contributed by atoms with Crippen LogP contribution < -0.4 is 11.2 Å². The van der Waals surface area contributed by atoms with Crippen molar-refractivity contribution in [3.63, 3.8) is 0 Å². The van der Waals surface area contributed by atoms with Crippen molar-refractivity contribution >= 4 is 23.0 Å². The number of para-hydroxylation sites is 1. The van der Waals surface area contributed by atoms with Gasteiger partial charge in [-0.25, -0.2) is 0 Å². The van der Waals surface area contributed by atoms with Crippen LogP contribution in [0.15, 0.2) is 52.7 Å². The van der Waals surface area contributed by atoms with E-state index in [0.29, 0.717) is 11.4 Å². The van der Waals surface area contributed by atoms with E-state index < -0.39 is 5.92 Å². The van der Waals surface area contributed by atoms with Gasteiger partial charge in [0.25, 0.3) is 0 Å². The second-order valence-corrected chi connectivity index (χ2v) is 3.90. The lowest BCUT2D eigenvalue weighted by Crippen LogP contribution is -2.34. The predicted octanol–water partition coefficient (Wildman–Crippen LogP) is 1.54. The molecule has 1 aromatic carbocycles. The van der Waals surface area contributed by atoms with Gasteiger partial charge in [0.2, 0.25) is 5.91 Å². The Hall–Kier alpha value is -2.43. The maximum absolute atomic E-state index is 12.1. The number of nitrogens with one attached hydrogen (secondary N) is 1. The number of amides is 1. The second kappa shape index (κ2) is 5.27. The molecular weight excluding hydrogens is 228 g/mol. The highest BCUT2D eigenvalue weighted by atomic mass is 16.1. The summed E-state index contributed by atoms with van der Waals surface area (Å²) in [6, 6.07) is 9.25. The highest BCUT2D eigenvalue weighted by Crippen LogP contribution is 2.14. The van der Waals surface area contributed by atoms with Crippen molar-refractivity contribution in [3.8, 4) is 0 Å². The molecule has 1 unspecified atom stereocenters. The summed E-state index contributed by atoms with van der Waals surface area (Å²) in [7, 11) is 0. The molecule has 5 nitrogen and oxygen atoms in total. The first-order valence-electron chi connectivity index (χ1n) is 5.57. The number of hydrogen-bond acceptors (Lipinski definition) is 4. The Morgan fingerprint density at radius 2 is 2.11 bits per heavy atom. The maximum atomic E-state index is 12.1. The van der Waals surface area contributed by atoms with Crippen molar-refractivity contribution in [2.24, 2.45) is 21.9 Å². The van der Waals surface area contributed by atoms with Gasteiger partial charge >= 0.3 is 0 Å². The van der Waals surface area contributed by atoms with Crippen molar-refractivity contribution in [2.45, 2.75) is 6.92 Å². The Morgan fingerprint density at radius 3 is 2.78 bits per heavy atom. The summed E-state index contributed by atoms with van der Waals surface area (Å²) in [4.78, 5) is 16.2. The van der Waals surface area contributed by atoms with Crippen molar-refractivity contribution < 1.29 is 4.79 Å². The van der Waals surface area contributed by atoms with E-state index in [1.807, 2.05) is 30.3 Å². The van der Waals surface area contributed by atoms with E-state index in [0.717, 1.165) is 5.69 Å². The summed E-state index contributed by atoms with van der Waals surface area (Å²) in [6.45, 7) is 1.78. The smallest absolute Gasteiger partial charge is 0.237 e. The fourth-order valence-corrected chi connectivity index (χ4v) is 1.75. The molecule has 3 N–H and O–H groups in total. The zero-order chi connectivity index (χ0) is 13.0. The van der Waals surface area contributed by atoms with Gasteiger partial charge in [-0.15, -0.1) is 0 Å². The molecule has 0 radical (unpaired) electrons. The van der Waals surface area contributed by atoms with Gasteiger partial charge in [-0.2, -0.15) is 5.10 Å². The van der Waals surface area contributed by atoms with Crippen LogP contribution >= 0.6 is 0 Å². The Bertz CT molecular complexity index is 531. The van der Waals surface area contributed by atoms with E-state index in [-0.39, 0.29) is 5.91 Å².